The molecular weight excluding hydrogens is 260 g/mol. The zero-order valence-corrected chi connectivity index (χ0v) is 11.4. The number of carboxylic acids is 1. The van der Waals surface area contributed by atoms with E-state index >= 15 is 0 Å². The molecule has 1 aromatic carbocycles. The van der Waals surface area contributed by atoms with Crippen LogP contribution in [0.4, 0.5) is 0 Å². The van der Waals surface area contributed by atoms with E-state index in [1.165, 1.54) is 0 Å². The van der Waals surface area contributed by atoms with Crippen molar-refractivity contribution < 1.29 is 19.2 Å². The molecule has 0 aliphatic heterocycles. The van der Waals surface area contributed by atoms with E-state index in [9.17, 15) is 4.79 Å². The quantitative estimate of drug-likeness (QED) is 0.872. The number of carbonyl (C=O) groups is 1. The molecule has 6 heteroatoms. The monoisotopic (exact) mass is 276 g/mol. The van der Waals surface area contributed by atoms with Gasteiger partial charge in [0.25, 0.3) is 5.89 Å². The van der Waals surface area contributed by atoms with Crippen LogP contribution in [0.25, 0.3) is 0 Å². The van der Waals surface area contributed by atoms with Gasteiger partial charge in [-0.3, -0.25) is 4.79 Å². The molecule has 20 heavy (non-hydrogen) atoms. The van der Waals surface area contributed by atoms with Crippen LogP contribution in [0.1, 0.15) is 37.0 Å². The maximum atomic E-state index is 10.6. The maximum Gasteiger partial charge on any atom is 0.307 e. The van der Waals surface area contributed by atoms with Crippen LogP contribution in [0.5, 0.6) is 5.75 Å². The molecule has 0 fully saturated rings. The van der Waals surface area contributed by atoms with Gasteiger partial charge in [-0.25, -0.2) is 0 Å². The molecule has 0 unspecified atom stereocenters. The third kappa shape index (κ3) is 3.81. The summed E-state index contributed by atoms with van der Waals surface area (Å²) in [4.78, 5) is 14.8. The Hall–Kier alpha value is -2.37. The summed E-state index contributed by atoms with van der Waals surface area (Å²) in [6, 6.07) is 6.88. The van der Waals surface area contributed by atoms with E-state index in [4.69, 9.17) is 14.4 Å². The maximum absolute atomic E-state index is 10.6. The van der Waals surface area contributed by atoms with Crippen molar-refractivity contribution in [2.24, 2.45) is 0 Å². The van der Waals surface area contributed by atoms with Crippen LogP contribution in [0, 0.1) is 0 Å². The molecule has 1 aromatic heterocycles. The first-order chi connectivity index (χ1) is 9.54. The number of aromatic nitrogens is 2. The number of ether oxygens (including phenoxy) is 1. The van der Waals surface area contributed by atoms with E-state index in [1.807, 2.05) is 13.8 Å². The largest absolute Gasteiger partial charge is 0.484 e. The van der Waals surface area contributed by atoms with Crippen molar-refractivity contribution in [3.8, 4) is 5.75 Å². The third-order valence-electron chi connectivity index (χ3n) is 2.64. The van der Waals surface area contributed by atoms with Crippen molar-refractivity contribution in [3.05, 3.63) is 41.5 Å². The van der Waals surface area contributed by atoms with Crippen molar-refractivity contribution in [1.82, 2.24) is 10.1 Å². The molecule has 2 aromatic rings. The van der Waals surface area contributed by atoms with Crippen molar-refractivity contribution in [2.75, 3.05) is 0 Å². The summed E-state index contributed by atoms with van der Waals surface area (Å²) < 4.78 is 10.6. The Balaban J connectivity index is 1.91. The fraction of sp³-hybridized carbons (Fsp3) is 0.357. The zero-order valence-electron chi connectivity index (χ0n) is 11.4. The zero-order chi connectivity index (χ0) is 14.5. The van der Waals surface area contributed by atoms with Gasteiger partial charge in [0.2, 0.25) is 0 Å². The molecule has 1 N–H and O–H groups in total. The normalized spacial score (nSPS) is 10.8. The second-order valence-corrected chi connectivity index (χ2v) is 4.70. The molecule has 0 spiro atoms. The lowest BCUT2D eigenvalue weighted by molar-refractivity contribution is -0.136. The Labute approximate surface area is 116 Å². The Morgan fingerprint density at radius 2 is 2.05 bits per heavy atom. The van der Waals surface area contributed by atoms with E-state index in [2.05, 4.69) is 10.1 Å². The van der Waals surface area contributed by atoms with Crippen LogP contribution in [-0.4, -0.2) is 21.2 Å². The van der Waals surface area contributed by atoms with E-state index in [-0.39, 0.29) is 18.9 Å². The molecule has 0 bridgehead atoms. The highest BCUT2D eigenvalue weighted by molar-refractivity contribution is 5.70. The molecule has 0 radical (unpaired) electrons. The summed E-state index contributed by atoms with van der Waals surface area (Å²) in [5.41, 5.74) is 0.727. The van der Waals surface area contributed by atoms with Gasteiger partial charge in [0.05, 0.1) is 6.42 Å². The van der Waals surface area contributed by atoms with Crippen LogP contribution in [0.2, 0.25) is 0 Å². The number of nitrogens with zero attached hydrogens (tertiary/aromatic N) is 2. The number of hydrogen-bond acceptors (Lipinski definition) is 5. The lowest BCUT2D eigenvalue weighted by Gasteiger charge is -2.03. The van der Waals surface area contributed by atoms with Gasteiger partial charge in [-0.15, -0.1) is 0 Å². The van der Waals surface area contributed by atoms with Crippen LogP contribution in [0.3, 0.4) is 0 Å². The molecule has 106 valence electrons. The average molecular weight is 276 g/mol. The van der Waals surface area contributed by atoms with Crippen LogP contribution >= 0.6 is 0 Å². The fourth-order valence-corrected chi connectivity index (χ4v) is 1.58. The molecule has 1 heterocycles. The van der Waals surface area contributed by atoms with Crippen molar-refractivity contribution in [2.45, 2.75) is 32.8 Å². The van der Waals surface area contributed by atoms with E-state index < -0.39 is 5.97 Å². The highest BCUT2D eigenvalue weighted by Crippen LogP contribution is 2.15. The van der Waals surface area contributed by atoms with Gasteiger partial charge in [0, 0.05) is 5.92 Å². The lowest BCUT2D eigenvalue weighted by Crippen LogP contribution is -2.00. The minimum Gasteiger partial charge on any atom is -0.484 e. The summed E-state index contributed by atoms with van der Waals surface area (Å²) in [7, 11) is 0. The first-order valence-corrected chi connectivity index (χ1v) is 6.30. The Morgan fingerprint density at radius 1 is 1.35 bits per heavy atom. The summed E-state index contributed by atoms with van der Waals surface area (Å²) in [5, 5.41) is 12.5. The second kappa shape index (κ2) is 6.18. The fourth-order valence-electron chi connectivity index (χ4n) is 1.58. The number of carboxylic acid groups (broad SMARTS) is 1. The molecule has 0 amide bonds. The molecular formula is C14H16N2O4. The minimum absolute atomic E-state index is 0.00167. The highest BCUT2D eigenvalue weighted by Gasteiger charge is 2.10. The number of rotatable bonds is 6. The average Bonchev–Trinajstić information content (AvgIpc) is 2.86. The lowest BCUT2D eigenvalue weighted by atomic mass is 10.1. The van der Waals surface area contributed by atoms with Gasteiger partial charge in [-0.2, -0.15) is 4.98 Å². The number of hydrogen-bond donors (Lipinski definition) is 1. The van der Waals surface area contributed by atoms with Gasteiger partial charge >= 0.3 is 5.97 Å². The minimum atomic E-state index is -0.856. The molecule has 0 aliphatic carbocycles. The number of aliphatic carboxylic acids is 1. The predicted molar refractivity (Wildman–Crippen MR) is 70.5 cm³/mol. The van der Waals surface area contributed by atoms with Crippen molar-refractivity contribution in [3.63, 3.8) is 0 Å². The van der Waals surface area contributed by atoms with Gasteiger partial charge in [0.1, 0.15) is 5.75 Å². The Kier molecular flexibility index (Phi) is 4.34. The molecule has 0 saturated carbocycles. The van der Waals surface area contributed by atoms with E-state index in [0.717, 1.165) is 5.56 Å². The molecule has 2 rings (SSSR count). The van der Waals surface area contributed by atoms with Crippen LogP contribution in [0.15, 0.2) is 28.8 Å². The smallest absolute Gasteiger partial charge is 0.307 e. The molecule has 0 aliphatic rings. The Bertz CT molecular complexity index is 575. The predicted octanol–water partition coefficient (Wildman–Crippen LogP) is 2.40. The van der Waals surface area contributed by atoms with Gasteiger partial charge < -0.3 is 14.4 Å². The highest BCUT2D eigenvalue weighted by atomic mass is 16.5. The van der Waals surface area contributed by atoms with Crippen molar-refractivity contribution >= 4 is 5.97 Å². The van der Waals surface area contributed by atoms with E-state index in [0.29, 0.717) is 17.5 Å². The summed E-state index contributed by atoms with van der Waals surface area (Å²) in [5.74, 6) is 1.06. The second-order valence-electron chi connectivity index (χ2n) is 4.70. The third-order valence-corrected chi connectivity index (χ3v) is 2.64. The van der Waals surface area contributed by atoms with Gasteiger partial charge in [-0.05, 0) is 17.7 Å². The molecule has 6 nitrogen and oxygen atoms in total. The number of benzene rings is 1. The summed E-state index contributed by atoms with van der Waals surface area (Å²) >= 11 is 0. The van der Waals surface area contributed by atoms with Gasteiger partial charge in [0.15, 0.2) is 12.4 Å². The summed E-state index contributed by atoms with van der Waals surface area (Å²) in [6.45, 7) is 4.16. The molecule has 0 atom stereocenters. The summed E-state index contributed by atoms with van der Waals surface area (Å²) in [6.07, 6.45) is 0.00167. The Morgan fingerprint density at radius 3 is 2.60 bits per heavy atom. The van der Waals surface area contributed by atoms with E-state index in [1.54, 1.807) is 24.3 Å². The standard InChI is InChI=1S/C14H16N2O4/c1-9(2)14-15-12(20-16-14)8-19-11-5-3-10(4-6-11)7-13(17)18/h3-6,9H,7-8H2,1-2H3,(H,17,18). The van der Waals surface area contributed by atoms with Gasteiger partial charge in [-0.1, -0.05) is 31.1 Å². The van der Waals surface area contributed by atoms with Crippen molar-refractivity contribution in [1.29, 1.82) is 0 Å². The van der Waals surface area contributed by atoms with Crippen LogP contribution in [-0.2, 0) is 17.8 Å². The first kappa shape index (κ1) is 14.0. The SMILES string of the molecule is CC(C)c1noc(COc2ccc(CC(=O)O)cc2)n1. The first-order valence-electron chi connectivity index (χ1n) is 6.30. The topological polar surface area (TPSA) is 85.5 Å². The van der Waals surface area contributed by atoms with Crippen LogP contribution < -0.4 is 4.74 Å². The molecule has 0 saturated heterocycles.